The Balaban J connectivity index is 2.21. The van der Waals surface area contributed by atoms with Crippen molar-refractivity contribution in [3.05, 3.63) is 11.9 Å². The topological polar surface area (TPSA) is 76.0 Å². The molecule has 2 heterocycles. The molecule has 4 N–H and O–H groups in total. The number of hydrogen-bond donors (Lipinski definition) is 3. The molecule has 1 unspecified atom stereocenters. The second kappa shape index (κ2) is 2.52. The molecule has 0 saturated carbocycles. The number of hydrogen-bond acceptors (Lipinski definition) is 4. The van der Waals surface area contributed by atoms with Crippen LogP contribution in [0.3, 0.4) is 0 Å². The molecule has 0 bridgehead atoms. The second-order valence-corrected chi connectivity index (χ2v) is 2.51. The summed E-state index contributed by atoms with van der Waals surface area (Å²) in [6.07, 6.45) is 1.61. The summed E-state index contributed by atoms with van der Waals surface area (Å²) in [5, 5.41) is 9.78. The van der Waals surface area contributed by atoms with Crippen molar-refractivity contribution in [1.82, 2.24) is 15.5 Å². The van der Waals surface area contributed by atoms with E-state index in [2.05, 4.69) is 15.5 Å². The van der Waals surface area contributed by atoms with E-state index < -0.39 is 0 Å². The Hall–Kier alpha value is -1.07. The van der Waals surface area contributed by atoms with Gasteiger partial charge in [-0.25, -0.2) is 0 Å². The summed E-state index contributed by atoms with van der Waals surface area (Å²) in [5.74, 6) is 0. The van der Waals surface area contributed by atoms with Crippen LogP contribution in [0.1, 0.15) is 11.7 Å². The number of nitrogens with two attached hydrogens (primary N) is 1. The zero-order chi connectivity index (χ0) is 7.68. The van der Waals surface area contributed by atoms with E-state index in [0.717, 1.165) is 5.69 Å². The minimum Gasteiger partial charge on any atom is -0.396 e. The summed E-state index contributed by atoms with van der Waals surface area (Å²) in [5.41, 5.74) is 7.24. The quantitative estimate of drug-likeness (QED) is 0.515. The maximum absolute atomic E-state index is 5.63. The first-order chi connectivity index (χ1) is 5.38. The molecule has 1 fully saturated rings. The highest BCUT2D eigenvalue weighted by Gasteiger charge is 2.19. The van der Waals surface area contributed by atoms with Gasteiger partial charge in [0.1, 0.15) is 0 Å². The average molecular weight is 154 g/mol. The predicted molar refractivity (Wildman–Crippen MR) is 39.7 cm³/mol. The number of rotatable bonds is 1. The first-order valence-electron chi connectivity index (χ1n) is 3.48. The normalized spacial score (nSPS) is 24.2. The summed E-state index contributed by atoms with van der Waals surface area (Å²) in [7, 11) is 0. The lowest BCUT2D eigenvalue weighted by Crippen LogP contribution is -2.16. The Morgan fingerprint density at radius 2 is 2.64 bits per heavy atom. The van der Waals surface area contributed by atoms with Crippen LogP contribution < -0.4 is 11.1 Å². The molecule has 2 rings (SSSR count). The number of H-pyrrole nitrogens is 1. The highest BCUT2D eigenvalue weighted by molar-refractivity contribution is 5.42. The molecule has 0 aliphatic carbocycles. The van der Waals surface area contributed by atoms with Gasteiger partial charge >= 0.3 is 0 Å². The highest BCUT2D eigenvalue weighted by atomic mass is 16.5. The number of nitrogens with zero attached hydrogens (tertiary/aromatic N) is 1. The lowest BCUT2D eigenvalue weighted by Gasteiger charge is -2.05. The fraction of sp³-hybridized carbons (Fsp3) is 0.500. The van der Waals surface area contributed by atoms with E-state index >= 15 is 0 Å². The van der Waals surface area contributed by atoms with Gasteiger partial charge in [0.15, 0.2) is 0 Å². The summed E-state index contributed by atoms with van der Waals surface area (Å²) in [6.45, 7) is 1.25. The van der Waals surface area contributed by atoms with E-state index in [-0.39, 0.29) is 6.04 Å². The molecule has 5 nitrogen and oxygen atoms in total. The van der Waals surface area contributed by atoms with Gasteiger partial charge in [0.2, 0.25) is 0 Å². The molecule has 0 amide bonds. The van der Waals surface area contributed by atoms with Crippen molar-refractivity contribution in [3.8, 4) is 0 Å². The molecule has 0 spiro atoms. The molecule has 1 aromatic heterocycles. The predicted octanol–water partition coefficient (Wildman–Crippen LogP) is -0.390. The van der Waals surface area contributed by atoms with E-state index in [1.54, 1.807) is 6.20 Å². The number of nitrogen functional groups attached to an aromatic ring is 1. The SMILES string of the molecule is Nc1cn[nH]c1C1COCN1. The van der Waals surface area contributed by atoms with Gasteiger partial charge in [-0.15, -0.1) is 0 Å². The monoisotopic (exact) mass is 154 g/mol. The first-order valence-corrected chi connectivity index (χ1v) is 3.48. The molecule has 1 atom stereocenters. The summed E-state index contributed by atoms with van der Waals surface area (Å²) >= 11 is 0. The van der Waals surface area contributed by atoms with Crippen molar-refractivity contribution in [3.63, 3.8) is 0 Å². The Bertz CT molecular complexity index is 240. The molecular formula is C6H10N4O. The zero-order valence-electron chi connectivity index (χ0n) is 6.00. The summed E-state index contributed by atoms with van der Waals surface area (Å²) < 4.78 is 5.12. The second-order valence-electron chi connectivity index (χ2n) is 2.51. The van der Waals surface area contributed by atoms with Crippen LogP contribution in [0.15, 0.2) is 6.20 Å². The number of anilines is 1. The van der Waals surface area contributed by atoms with E-state index in [1.807, 2.05) is 0 Å². The Morgan fingerprint density at radius 1 is 1.73 bits per heavy atom. The summed E-state index contributed by atoms with van der Waals surface area (Å²) in [6, 6.07) is 0.178. The van der Waals surface area contributed by atoms with Crippen molar-refractivity contribution in [2.45, 2.75) is 6.04 Å². The van der Waals surface area contributed by atoms with Gasteiger partial charge in [0, 0.05) is 0 Å². The standard InChI is InChI=1S/C6H10N4O/c7-4-1-9-10-6(4)5-2-11-3-8-5/h1,5,8H,2-3,7H2,(H,9,10). The van der Waals surface area contributed by atoms with Gasteiger partial charge < -0.3 is 10.5 Å². The maximum atomic E-state index is 5.63. The lowest BCUT2D eigenvalue weighted by atomic mass is 10.2. The van der Waals surface area contributed by atoms with Crippen molar-refractivity contribution < 1.29 is 4.74 Å². The van der Waals surface area contributed by atoms with E-state index in [1.165, 1.54) is 0 Å². The molecule has 1 aliphatic heterocycles. The molecule has 60 valence electrons. The van der Waals surface area contributed by atoms with Crippen LogP contribution in [-0.4, -0.2) is 23.5 Å². The van der Waals surface area contributed by atoms with Crippen molar-refractivity contribution in [2.24, 2.45) is 0 Å². The third-order valence-electron chi connectivity index (χ3n) is 1.76. The van der Waals surface area contributed by atoms with Gasteiger partial charge in [-0.3, -0.25) is 10.4 Å². The first kappa shape index (κ1) is 6.63. The van der Waals surface area contributed by atoms with Crippen LogP contribution in [0, 0.1) is 0 Å². The van der Waals surface area contributed by atoms with Crippen LogP contribution in [0.2, 0.25) is 0 Å². The van der Waals surface area contributed by atoms with Gasteiger partial charge in [-0.1, -0.05) is 0 Å². The molecule has 1 aliphatic rings. The molecule has 0 aromatic carbocycles. The van der Waals surface area contributed by atoms with Crippen molar-refractivity contribution >= 4 is 5.69 Å². The number of ether oxygens (including phenoxy) is 1. The smallest absolute Gasteiger partial charge is 0.0972 e. The van der Waals surface area contributed by atoms with Crippen molar-refractivity contribution in [2.75, 3.05) is 19.1 Å². The Morgan fingerprint density at radius 3 is 3.18 bits per heavy atom. The van der Waals surface area contributed by atoms with Crippen LogP contribution in [0.25, 0.3) is 0 Å². The molecule has 1 saturated heterocycles. The van der Waals surface area contributed by atoms with E-state index in [4.69, 9.17) is 10.5 Å². The average Bonchev–Trinajstić information content (AvgIpc) is 2.55. The summed E-state index contributed by atoms with van der Waals surface area (Å²) in [4.78, 5) is 0. The number of nitrogens with one attached hydrogen (secondary N) is 2. The number of aromatic amines is 1. The van der Waals surface area contributed by atoms with Crippen LogP contribution in [-0.2, 0) is 4.74 Å². The largest absolute Gasteiger partial charge is 0.396 e. The Kier molecular flexibility index (Phi) is 1.52. The van der Waals surface area contributed by atoms with Gasteiger partial charge in [0.25, 0.3) is 0 Å². The fourth-order valence-corrected chi connectivity index (χ4v) is 1.17. The zero-order valence-corrected chi connectivity index (χ0v) is 6.00. The Labute approximate surface area is 63.9 Å². The molecule has 1 aromatic rings. The fourth-order valence-electron chi connectivity index (χ4n) is 1.17. The molecule has 0 radical (unpaired) electrons. The maximum Gasteiger partial charge on any atom is 0.0972 e. The lowest BCUT2D eigenvalue weighted by molar-refractivity contribution is 0.189. The van der Waals surface area contributed by atoms with E-state index in [0.29, 0.717) is 19.0 Å². The minimum atomic E-state index is 0.178. The molecule has 11 heavy (non-hydrogen) atoms. The van der Waals surface area contributed by atoms with E-state index in [9.17, 15) is 0 Å². The highest BCUT2D eigenvalue weighted by Crippen LogP contribution is 2.19. The molecule has 5 heteroatoms. The minimum absolute atomic E-state index is 0.178. The van der Waals surface area contributed by atoms with Gasteiger partial charge in [-0.2, -0.15) is 5.10 Å². The van der Waals surface area contributed by atoms with Gasteiger partial charge in [0.05, 0.1) is 37.0 Å². The van der Waals surface area contributed by atoms with Crippen LogP contribution in [0.5, 0.6) is 0 Å². The van der Waals surface area contributed by atoms with Gasteiger partial charge in [-0.05, 0) is 0 Å². The molecular weight excluding hydrogens is 144 g/mol. The number of aromatic nitrogens is 2. The van der Waals surface area contributed by atoms with Crippen molar-refractivity contribution in [1.29, 1.82) is 0 Å². The third-order valence-corrected chi connectivity index (χ3v) is 1.76. The van der Waals surface area contributed by atoms with Crippen LogP contribution in [0.4, 0.5) is 5.69 Å². The third kappa shape index (κ3) is 1.08. The van der Waals surface area contributed by atoms with Crippen LogP contribution >= 0.6 is 0 Å².